The Balaban J connectivity index is 4.13. The number of rotatable bonds is 3. The molecule has 5 nitrogen and oxygen atoms in total. The predicted molar refractivity (Wildman–Crippen MR) is 34.0 cm³/mol. The Morgan fingerprint density at radius 1 is 1.50 bits per heavy atom. The molecule has 0 fully saturated rings. The van der Waals surface area contributed by atoms with E-state index in [1.165, 1.54) is 0 Å². The number of ketones is 1. The van der Waals surface area contributed by atoms with E-state index in [0.717, 1.165) is 6.92 Å². The van der Waals surface area contributed by atoms with Crippen LogP contribution in [-0.4, -0.2) is 22.5 Å². The van der Waals surface area contributed by atoms with Gasteiger partial charge in [-0.05, 0) is 6.92 Å². The second-order valence-electron chi connectivity index (χ2n) is 2.17. The molecule has 0 rings (SSSR count). The van der Waals surface area contributed by atoms with E-state index in [0.29, 0.717) is 0 Å². The molecule has 0 aliphatic carbocycles. The van der Waals surface area contributed by atoms with E-state index in [1.54, 1.807) is 0 Å². The molecule has 5 heteroatoms. The van der Waals surface area contributed by atoms with Gasteiger partial charge in [0, 0.05) is 0 Å². The van der Waals surface area contributed by atoms with Crippen LogP contribution in [-0.2, 0) is 9.59 Å². The molecule has 0 unspecified atom stereocenters. The van der Waals surface area contributed by atoms with Crippen molar-refractivity contribution >= 4 is 11.8 Å². The van der Waals surface area contributed by atoms with Gasteiger partial charge in [-0.2, -0.15) is 0 Å². The lowest BCUT2D eigenvalue weighted by Gasteiger charge is -2.17. The summed E-state index contributed by atoms with van der Waals surface area (Å²) in [7, 11) is 0. The van der Waals surface area contributed by atoms with E-state index in [4.69, 9.17) is 16.6 Å². The highest BCUT2D eigenvalue weighted by molar-refractivity contribution is 5.89. The Kier molecular flexibility index (Phi) is 2.50. The van der Waals surface area contributed by atoms with Crippen LogP contribution in [0.3, 0.4) is 0 Å². The van der Waals surface area contributed by atoms with Gasteiger partial charge in [0.05, 0.1) is 6.42 Å². The first kappa shape index (κ1) is 9.06. The second kappa shape index (κ2) is 2.76. The van der Waals surface area contributed by atoms with Gasteiger partial charge in [0.1, 0.15) is 5.66 Å². The van der Waals surface area contributed by atoms with Gasteiger partial charge in [0.25, 0.3) is 0 Å². The van der Waals surface area contributed by atoms with Crippen molar-refractivity contribution in [1.29, 1.82) is 0 Å². The first-order valence-corrected chi connectivity index (χ1v) is 2.67. The molecule has 0 saturated heterocycles. The van der Waals surface area contributed by atoms with Gasteiger partial charge in [-0.25, -0.2) is 0 Å². The fraction of sp³-hybridized carbons (Fsp3) is 0.600. The zero-order valence-corrected chi connectivity index (χ0v) is 5.63. The van der Waals surface area contributed by atoms with Crippen LogP contribution in [0.15, 0.2) is 0 Å². The molecule has 0 bridgehead atoms. The molecular formula is C5H10N2O3. The van der Waals surface area contributed by atoms with Crippen LogP contribution in [0.2, 0.25) is 0 Å². The zero-order chi connectivity index (χ0) is 8.36. The summed E-state index contributed by atoms with van der Waals surface area (Å²) in [5, 5.41) is 8.19. The molecule has 0 aliphatic rings. The lowest BCUT2D eigenvalue weighted by atomic mass is 10.1. The molecule has 0 saturated carbocycles. The second-order valence-corrected chi connectivity index (χ2v) is 2.17. The lowest BCUT2D eigenvalue weighted by molar-refractivity contribution is -0.140. The van der Waals surface area contributed by atoms with Gasteiger partial charge in [-0.3, -0.25) is 9.59 Å². The summed E-state index contributed by atoms with van der Waals surface area (Å²) in [5.41, 5.74) is 8.50. The quantitative estimate of drug-likeness (QED) is 0.427. The third kappa shape index (κ3) is 2.56. The van der Waals surface area contributed by atoms with Gasteiger partial charge in [-0.15, -0.1) is 0 Å². The fourth-order valence-corrected chi connectivity index (χ4v) is 0.375. The van der Waals surface area contributed by atoms with E-state index < -0.39 is 23.8 Å². The minimum atomic E-state index is -1.72. The third-order valence-electron chi connectivity index (χ3n) is 1.10. The highest BCUT2D eigenvalue weighted by Crippen LogP contribution is 1.98. The molecule has 10 heavy (non-hydrogen) atoms. The highest BCUT2D eigenvalue weighted by Gasteiger charge is 2.27. The van der Waals surface area contributed by atoms with Crippen molar-refractivity contribution in [3.63, 3.8) is 0 Å². The van der Waals surface area contributed by atoms with Gasteiger partial charge in [-0.1, -0.05) is 0 Å². The summed E-state index contributed by atoms with van der Waals surface area (Å²) in [4.78, 5) is 20.5. The standard InChI is InChI=1S/C5H10N2O3/c1-3(8)5(6,7)2-4(9)10/h2,6-7H2,1H3,(H,9,10). The first-order valence-electron chi connectivity index (χ1n) is 2.67. The molecular weight excluding hydrogens is 136 g/mol. The zero-order valence-electron chi connectivity index (χ0n) is 5.63. The number of nitrogens with two attached hydrogens (primary N) is 2. The summed E-state index contributed by atoms with van der Waals surface area (Å²) in [5.74, 6) is -1.71. The van der Waals surface area contributed by atoms with E-state index in [1.807, 2.05) is 0 Å². The third-order valence-corrected chi connectivity index (χ3v) is 1.10. The van der Waals surface area contributed by atoms with Crippen LogP contribution < -0.4 is 11.5 Å². The van der Waals surface area contributed by atoms with Crippen LogP contribution in [0.5, 0.6) is 0 Å². The minimum absolute atomic E-state index is 0.532. The largest absolute Gasteiger partial charge is 0.481 e. The number of carboxylic acid groups (broad SMARTS) is 1. The van der Waals surface area contributed by atoms with Crippen LogP contribution in [0, 0.1) is 0 Å². The molecule has 0 atom stereocenters. The molecule has 0 spiro atoms. The number of Topliss-reactive ketones (excluding diaryl/α,β-unsaturated/α-hetero) is 1. The van der Waals surface area contributed by atoms with Crippen molar-refractivity contribution in [2.24, 2.45) is 11.5 Å². The number of carbonyl (C=O) groups is 2. The summed E-state index contributed by atoms with van der Waals surface area (Å²) in [6.45, 7) is 1.16. The lowest BCUT2D eigenvalue weighted by Crippen LogP contribution is -2.56. The van der Waals surface area contributed by atoms with Crippen molar-refractivity contribution < 1.29 is 14.7 Å². The van der Waals surface area contributed by atoms with Crippen LogP contribution in [0.4, 0.5) is 0 Å². The van der Waals surface area contributed by atoms with E-state index in [2.05, 4.69) is 0 Å². The number of carbonyl (C=O) groups excluding carboxylic acids is 1. The van der Waals surface area contributed by atoms with Crippen molar-refractivity contribution in [2.45, 2.75) is 19.0 Å². The van der Waals surface area contributed by atoms with Crippen LogP contribution in [0.25, 0.3) is 0 Å². The first-order chi connectivity index (χ1) is 4.36. The van der Waals surface area contributed by atoms with Gasteiger partial charge in [0.15, 0.2) is 5.78 Å². The van der Waals surface area contributed by atoms with Gasteiger partial charge >= 0.3 is 5.97 Å². The average Bonchev–Trinajstić information content (AvgIpc) is 1.60. The Labute approximate surface area is 58.0 Å². The normalized spacial score (nSPS) is 11.1. The Hall–Kier alpha value is -0.940. The number of aliphatic carboxylic acids is 1. The van der Waals surface area contributed by atoms with Crippen molar-refractivity contribution in [2.75, 3.05) is 0 Å². The van der Waals surface area contributed by atoms with E-state index in [9.17, 15) is 9.59 Å². The molecule has 0 aliphatic heterocycles. The molecule has 0 aromatic rings. The van der Waals surface area contributed by atoms with E-state index >= 15 is 0 Å². The maximum absolute atomic E-state index is 10.5. The molecule has 58 valence electrons. The molecule has 0 radical (unpaired) electrons. The van der Waals surface area contributed by atoms with Crippen LogP contribution in [0.1, 0.15) is 13.3 Å². The van der Waals surface area contributed by atoms with Crippen LogP contribution >= 0.6 is 0 Å². The summed E-state index contributed by atoms with van der Waals surface area (Å²) in [6.07, 6.45) is -0.539. The average molecular weight is 146 g/mol. The minimum Gasteiger partial charge on any atom is -0.481 e. The predicted octanol–water partition coefficient (Wildman–Crippen LogP) is -1.34. The summed E-state index contributed by atoms with van der Waals surface area (Å²) in [6, 6.07) is 0. The van der Waals surface area contributed by atoms with E-state index in [-0.39, 0.29) is 0 Å². The molecule has 0 heterocycles. The number of hydrogen-bond acceptors (Lipinski definition) is 4. The number of carboxylic acids is 1. The number of hydrogen-bond donors (Lipinski definition) is 3. The maximum Gasteiger partial charge on any atom is 0.307 e. The Morgan fingerprint density at radius 3 is 2.00 bits per heavy atom. The Bertz CT molecular complexity index is 164. The summed E-state index contributed by atoms with van der Waals surface area (Å²) < 4.78 is 0. The topological polar surface area (TPSA) is 106 Å². The smallest absolute Gasteiger partial charge is 0.307 e. The molecule has 5 N–H and O–H groups in total. The van der Waals surface area contributed by atoms with Crippen molar-refractivity contribution in [1.82, 2.24) is 0 Å². The maximum atomic E-state index is 10.5. The summed E-state index contributed by atoms with van der Waals surface area (Å²) >= 11 is 0. The fourth-order valence-electron chi connectivity index (χ4n) is 0.375. The molecule has 0 aromatic heterocycles. The van der Waals surface area contributed by atoms with Gasteiger partial charge < -0.3 is 16.6 Å². The SMILES string of the molecule is CC(=O)C(N)(N)CC(=O)O. The van der Waals surface area contributed by atoms with Gasteiger partial charge in [0.2, 0.25) is 0 Å². The molecule has 0 aromatic carbocycles. The van der Waals surface area contributed by atoms with Crippen molar-refractivity contribution in [3.8, 4) is 0 Å². The van der Waals surface area contributed by atoms with Crippen molar-refractivity contribution in [3.05, 3.63) is 0 Å². The molecule has 0 amide bonds. The highest BCUT2D eigenvalue weighted by atomic mass is 16.4. The Morgan fingerprint density at radius 2 is 1.90 bits per heavy atom. The monoisotopic (exact) mass is 146 g/mol.